The van der Waals surface area contributed by atoms with E-state index in [0.717, 1.165) is 0 Å². The van der Waals surface area contributed by atoms with Crippen molar-refractivity contribution in [1.82, 2.24) is 19.7 Å². The molecule has 1 amide bonds. The minimum atomic E-state index is -2.27. The van der Waals surface area contributed by atoms with E-state index in [0.29, 0.717) is 11.0 Å². The normalized spacial score (nSPS) is 14.0. The molecule has 1 heterocycles. The van der Waals surface area contributed by atoms with Gasteiger partial charge in [0.2, 0.25) is 5.16 Å². The lowest BCUT2D eigenvalue weighted by molar-refractivity contribution is -0.747. The van der Waals surface area contributed by atoms with Gasteiger partial charge in [-0.05, 0) is 11.8 Å². The molecule has 1 rings (SSSR count). The molecule has 0 bridgehead atoms. The maximum atomic E-state index is 12.2. The molecule has 0 aromatic carbocycles. The van der Waals surface area contributed by atoms with Gasteiger partial charge in [0, 0.05) is 19.5 Å². The third-order valence-corrected chi connectivity index (χ3v) is 5.12. The molecule has 0 saturated heterocycles. The molecule has 1 unspecified atom stereocenters. The Balaban J connectivity index is 3.14. The predicted octanol–water partition coefficient (Wildman–Crippen LogP) is 1.03. The summed E-state index contributed by atoms with van der Waals surface area (Å²) in [6, 6.07) is -0.320. The van der Waals surface area contributed by atoms with Crippen LogP contribution < -0.4 is 0 Å². The third-order valence-electron chi connectivity index (χ3n) is 2.72. The molecule has 8 nitrogen and oxygen atoms in total. The van der Waals surface area contributed by atoms with Crippen molar-refractivity contribution in [1.29, 1.82) is 0 Å². The van der Waals surface area contributed by atoms with E-state index >= 15 is 0 Å². The van der Waals surface area contributed by atoms with Crippen LogP contribution in [-0.2, 0) is 16.7 Å². The van der Waals surface area contributed by atoms with Gasteiger partial charge in [0.25, 0.3) is 0 Å². The first-order valence-corrected chi connectivity index (χ1v) is 8.63. The molecule has 0 N–H and O–H groups in total. The number of rotatable bonds is 4. The lowest BCUT2D eigenvalue weighted by Crippen LogP contribution is -2.40. The summed E-state index contributed by atoms with van der Waals surface area (Å²) in [5, 5.41) is 4.67. The number of hydrogen-bond acceptors (Lipinski definition) is 6. The summed E-state index contributed by atoms with van der Waals surface area (Å²) in [7, 11) is 6.38. The summed E-state index contributed by atoms with van der Waals surface area (Å²) in [6.07, 6.45) is 0. The van der Waals surface area contributed by atoms with Crippen LogP contribution in [0.5, 0.6) is 0 Å². The molecule has 0 aliphatic rings. The SMILES string of the molecule is CN(C)C(=O)n1nc(C(C)(C)C)nc1SC[N+](C)(C)S(=O)[O-]. The van der Waals surface area contributed by atoms with Crippen LogP contribution >= 0.6 is 11.8 Å². The summed E-state index contributed by atoms with van der Waals surface area (Å²) in [5.74, 6) is 0.762. The van der Waals surface area contributed by atoms with Crippen molar-refractivity contribution in [3.8, 4) is 0 Å². The highest BCUT2D eigenvalue weighted by molar-refractivity contribution is 7.99. The zero-order valence-electron chi connectivity index (χ0n) is 14.0. The number of nitrogens with zero attached hydrogens (tertiary/aromatic N) is 5. The predicted molar refractivity (Wildman–Crippen MR) is 85.0 cm³/mol. The van der Waals surface area contributed by atoms with E-state index < -0.39 is 11.3 Å². The Hall–Kier alpha value is -0.970. The fourth-order valence-electron chi connectivity index (χ4n) is 1.28. The number of amides is 1. The second-order valence-electron chi connectivity index (χ2n) is 6.62. The molecule has 1 atom stereocenters. The smallest absolute Gasteiger partial charge is 0.346 e. The standard InChI is InChI=1S/C12H23N5O3S2/c1-12(2,3)9-13-10(16(14-9)11(18)15(4)5)21-8-17(6,7)22(19)20/h8H2,1-7H3. The Bertz CT molecular complexity index is 578. The van der Waals surface area contributed by atoms with Crippen LogP contribution in [0.3, 0.4) is 0 Å². The van der Waals surface area contributed by atoms with Gasteiger partial charge in [-0.25, -0.2) is 17.9 Å². The first-order chi connectivity index (χ1) is 9.86. The Morgan fingerprint density at radius 3 is 2.36 bits per heavy atom. The zero-order valence-corrected chi connectivity index (χ0v) is 15.6. The average molecular weight is 349 g/mol. The van der Waals surface area contributed by atoms with Crippen molar-refractivity contribution in [2.24, 2.45) is 0 Å². The van der Waals surface area contributed by atoms with E-state index in [1.54, 1.807) is 28.2 Å². The van der Waals surface area contributed by atoms with E-state index in [4.69, 9.17) is 0 Å². The molecule has 0 fully saturated rings. The highest BCUT2D eigenvalue weighted by atomic mass is 32.2. The van der Waals surface area contributed by atoms with E-state index in [2.05, 4.69) is 10.1 Å². The highest BCUT2D eigenvalue weighted by Crippen LogP contribution is 2.25. The van der Waals surface area contributed by atoms with E-state index in [9.17, 15) is 13.6 Å². The van der Waals surface area contributed by atoms with Crippen molar-refractivity contribution in [3.05, 3.63) is 5.82 Å². The molecule has 0 aliphatic heterocycles. The van der Waals surface area contributed by atoms with Crippen LogP contribution in [0.15, 0.2) is 5.16 Å². The van der Waals surface area contributed by atoms with Crippen molar-refractivity contribution >= 4 is 29.1 Å². The lowest BCUT2D eigenvalue weighted by Gasteiger charge is -2.28. The van der Waals surface area contributed by atoms with E-state index in [1.165, 1.54) is 21.3 Å². The second kappa shape index (κ2) is 6.65. The molecule has 1 aromatic rings. The molecule has 126 valence electrons. The molecule has 0 spiro atoms. The van der Waals surface area contributed by atoms with Crippen LogP contribution in [0.4, 0.5) is 4.79 Å². The number of thioether (sulfide) groups is 1. The molecular formula is C12H23N5O3S2. The van der Waals surface area contributed by atoms with Gasteiger partial charge >= 0.3 is 6.03 Å². The van der Waals surface area contributed by atoms with Crippen LogP contribution in [0, 0.1) is 0 Å². The zero-order chi connectivity index (χ0) is 17.3. The van der Waals surface area contributed by atoms with Gasteiger partial charge in [-0.1, -0.05) is 20.8 Å². The second-order valence-corrected chi connectivity index (χ2v) is 8.96. The van der Waals surface area contributed by atoms with E-state index in [1.807, 2.05) is 20.8 Å². The third kappa shape index (κ3) is 4.51. The minimum absolute atomic E-state index is 0.221. The number of hydrogen-bond donors (Lipinski definition) is 0. The van der Waals surface area contributed by atoms with Gasteiger partial charge in [-0.2, -0.15) is 4.68 Å². The molecule has 0 aliphatic carbocycles. The molecule has 0 radical (unpaired) electrons. The van der Waals surface area contributed by atoms with Crippen LogP contribution in [0.25, 0.3) is 0 Å². The molecule has 22 heavy (non-hydrogen) atoms. The first kappa shape index (κ1) is 19.1. The van der Waals surface area contributed by atoms with E-state index in [-0.39, 0.29) is 21.2 Å². The summed E-state index contributed by atoms with van der Waals surface area (Å²) in [5.41, 5.74) is -0.307. The van der Waals surface area contributed by atoms with Gasteiger partial charge in [-0.15, -0.1) is 5.10 Å². The number of carbonyl (C=O) groups excluding carboxylic acids is 1. The van der Waals surface area contributed by atoms with Crippen molar-refractivity contribution < 1.29 is 17.4 Å². The molecular weight excluding hydrogens is 326 g/mol. The summed E-state index contributed by atoms with van der Waals surface area (Å²) >= 11 is -1.09. The largest absolute Gasteiger partial charge is 0.724 e. The maximum Gasteiger partial charge on any atom is 0.346 e. The van der Waals surface area contributed by atoms with Crippen molar-refractivity contribution in [2.75, 3.05) is 34.1 Å². The summed E-state index contributed by atoms with van der Waals surface area (Å²) < 4.78 is 23.3. The summed E-state index contributed by atoms with van der Waals surface area (Å²) in [4.78, 5) is 18.0. The Kier molecular flexibility index (Phi) is 5.77. The van der Waals surface area contributed by atoms with Crippen LogP contribution in [0.2, 0.25) is 0 Å². The molecule has 1 aromatic heterocycles. The van der Waals surface area contributed by atoms with Gasteiger partial charge in [0.1, 0.15) is 17.1 Å². The topological polar surface area (TPSA) is 91.2 Å². The van der Waals surface area contributed by atoms with Crippen molar-refractivity contribution in [3.63, 3.8) is 0 Å². The number of quaternary nitrogens is 1. The first-order valence-electron chi connectivity index (χ1n) is 6.61. The molecule has 10 heteroatoms. The molecule has 0 saturated carbocycles. The summed E-state index contributed by atoms with van der Waals surface area (Å²) in [6.45, 7) is 5.86. The van der Waals surface area contributed by atoms with Gasteiger partial charge in [-0.3, -0.25) is 0 Å². The van der Waals surface area contributed by atoms with Crippen LogP contribution in [0.1, 0.15) is 26.6 Å². The quantitative estimate of drug-likeness (QED) is 0.349. The fourth-order valence-corrected chi connectivity index (χ4v) is 2.60. The lowest BCUT2D eigenvalue weighted by atomic mass is 9.96. The van der Waals surface area contributed by atoms with Crippen molar-refractivity contribution in [2.45, 2.75) is 31.3 Å². The van der Waals surface area contributed by atoms with Gasteiger partial charge < -0.3 is 9.45 Å². The monoisotopic (exact) mass is 349 g/mol. The number of carbonyl (C=O) groups is 1. The van der Waals surface area contributed by atoms with Gasteiger partial charge in [0.05, 0.1) is 14.1 Å². The Morgan fingerprint density at radius 2 is 1.95 bits per heavy atom. The van der Waals surface area contributed by atoms with Crippen LogP contribution in [-0.4, -0.2) is 72.4 Å². The maximum absolute atomic E-state index is 12.2. The minimum Gasteiger partial charge on any atom is -0.724 e. The average Bonchev–Trinajstić information content (AvgIpc) is 2.79. The van der Waals surface area contributed by atoms with Gasteiger partial charge in [0.15, 0.2) is 5.82 Å². The fraction of sp³-hybridized carbons (Fsp3) is 0.750. The Labute approximate surface area is 137 Å². The Morgan fingerprint density at radius 1 is 1.41 bits per heavy atom. The highest BCUT2D eigenvalue weighted by Gasteiger charge is 2.27. The number of aromatic nitrogens is 3.